The molecule has 1 amide bonds. The van der Waals surface area contributed by atoms with Gasteiger partial charge in [0.05, 0.1) is 11.3 Å². The van der Waals surface area contributed by atoms with E-state index in [2.05, 4.69) is 29.1 Å². The number of fused-ring (bicyclic) bond motifs is 1. The van der Waals surface area contributed by atoms with Crippen molar-refractivity contribution in [3.63, 3.8) is 0 Å². The second-order valence-corrected chi connectivity index (χ2v) is 7.29. The number of rotatable bonds is 4. The van der Waals surface area contributed by atoms with Crippen LogP contribution in [0.15, 0.2) is 36.6 Å². The summed E-state index contributed by atoms with van der Waals surface area (Å²) in [5.74, 6) is 0.853. The molecule has 6 nitrogen and oxygen atoms in total. The number of carbonyl (C=O) groups is 1. The lowest BCUT2D eigenvalue weighted by Gasteiger charge is -2.35. The van der Waals surface area contributed by atoms with Gasteiger partial charge in [0.15, 0.2) is 5.65 Å². The van der Waals surface area contributed by atoms with Crippen LogP contribution in [0.2, 0.25) is 0 Å². The van der Waals surface area contributed by atoms with E-state index in [-0.39, 0.29) is 11.5 Å². The van der Waals surface area contributed by atoms with Gasteiger partial charge in [0, 0.05) is 19.2 Å². The van der Waals surface area contributed by atoms with Gasteiger partial charge in [-0.25, -0.2) is 9.97 Å². The monoisotopic (exact) mass is 338 g/mol. The second-order valence-electron chi connectivity index (χ2n) is 7.29. The number of nitrogens with one attached hydrogen (secondary N) is 1. The highest BCUT2D eigenvalue weighted by Crippen LogP contribution is 2.31. The molecule has 3 heterocycles. The van der Waals surface area contributed by atoms with Gasteiger partial charge in [0.1, 0.15) is 5.52 Å². The van der Waals surface area contributed by atoms with Crippen molar-refractivity contribution in [2.24, 2.45) is 5.92 Å². The first-order valence-electron chi connectivity index (χ1n) is 8.68. The van der Waals surface area contributed by atoms with Gasteiger partial charge in [-0.3, -0.25) is 14.7 Å². The molecule has 2 aromatic heterocycles. The fourth-order valence-electron chi connectivity index (χ4n) is 3.54. The molecule has 1 atom stereocenters. The number of amides is 1. The van der Waals surface area contributed by atoms with Crippen LogP contribution in [0.5, 0.6) is 0 Å². The van der Waals surface area contributed by atoms with Gasteiger partial charge in [-0.15, -0.1) is 0 Å². The smallest absolute Gasteiger partial charge is 0.226 e. The van der Waals surface area contributed by atoms with Crippen molar-refractivity contribution in [2.75, 3.05) is 11.9 Å². The normalized spacial score (nSPS) is 21.7. The van der Waals surface area contributed by atoms with Crippen molar-refractivity contribution in [2.45, 2.75) is 38.7 Å². The number of nitrogens with zero attached hydrogens (tertiary/aromatic N) is 3. The standard InChI is InChI=1S/C19H22N4O2/c1-19(2)12-13(8-10-25-19)11-16(24)22-18-21-15-7-4-9-20-17(15)23(18)14-5-3-6-14/h3-7,9,13H,8,10-12H2,1-2H3,(H,21,22,24). The Morgan fingerprint density at radius 2 is 2.32 bits per heavy atom. The van der Waals surface area contributed by atoms with Crippen LogP contribution in [0.3, 0.4) is 0 Å². The number of allylic oxidation sites excluding steroid dienone is 4. The molecule has 0 spiro atoms. The minimum atomic E-state index is -0.151. The number of pyridine rings is 1. The first-order chi connectivity index (χ1) is 12.0. The Kier molecular flexibility index (Phi) is 3.92. The highest BCUT2D eigenvalue weighted by atomic mass is 16.5. The zero-order chi connectivity index (χ0) is 17.4. The molecule has 1 aliphatic heterocycles. The van der Waals surface area contributed by atoms with Gasteiger partial charge >= 0.3 is 0 Å². The molecule has 130 valence electrons. The topological polar surface area (TPSA) is 69.0 Å². The van der Waals surface area contributed by atoms with E-state index in [1.807, 2.05) is 34.9 Å². The number of imidazole rings is 1. The van der Waals surface area contributed by atoms with Crippen molar-refractivity contribution >= 4 is 28.7 Å². The van der Waals surface area contributed by atoms with Crippen LogP contribution in [0.25, 0.3) is 16.9 Å². The molecule has 0 aromatic carbocycles. The van der Waals surface area contributed by atoms with Crippen molar-refractivity contribution < 1.29 is 9.53 Å². The summed E-state index contributed by atoms with van der Waals surface area (Å²) in [4.78, 5) is 21.5. The summed E-state index contributed by atoms with van der Waals surface area (Å²) < 4.78 is 7.63. The molecule has 0 bridgehead atoms. The summed E-state index contributed by atoms with van der Waals surface area (Å²) in [5.41, 5.74) is 2.34. The van der Waals surface area contributed by atoms with Crippen molar-refractivity contribution in [3.8, 4) is 0 Å². The molecule has 25 heavy (non-hydrogen) atoms. The molecule has 4 rings (SSSR count). The van der Waals surface area contributed by atoms with Gasteiger partial charge in [0.2, 0.25) is 11.9 Å². The molecule has 1 N–H and O–H groups in total. The minimum absolute atomic E-state index is 0.0110. The Labute approximate surface area is 146 Å². The Morgan fingerprint density at radius 1 is 1.48 bits per heavy atom. The number of hydrogen-bond donors (Lipinski definition) is 1. The van der Waals surface area contributed by atoms with E-state index in [9.17, 15) is 4.79 Å². The zero-order valence-electron chi connectivity index (χ0n) is 14.5. The zero-order valence-corrected chi connectivity index (χ0v) is 14.5. The summed E-state index contributed by atoms with van der Waals surface area (Å²) in [6.07, 6.45) is 9.95. The first-order valence-corrected chi connectivity index (χ1v) is 8.68. The highest BCUT2D eigenvalue weighted by molar-refractivity contribution is 5.93. The molecule has 1 aliphatic carbocycles. The van der Waals surface area contributed by atoms with Crippen molar-refractivity contribution in [1.29, 1.82) is 0 Å². The number of carbonyl (C=O) groups excluding carboxylic acids is 1. The van der Waals surface area contributed by atoms with Gasteiger partial charge in [-0.05, 0) is 56.9 Å². The third-order valence-electron chi connectivity index (χ3n) is 4.73. The Bertz CT molecular complexity index is 879. The summed E-state index contributed by atoms with van der Waals surface area (Å²) in [6, 6.07) is 3.75. The van der Waals surface area contributed by atoms with Crippen LogP contribution in [0.1, 0.15) is 33.1 Å². The molecular formula is C19H22N4O2. The number of hydrogen-bond acceptors (Lipinski definition) is 4. The Balaban J connectivity index is 1.53. The largest absolute Gasteiger partial charge is 0.376 e. The molecule has 1 unspecified atom stereocenters. The van der Waals surface area contributed by atoms with E-state index in [1.54, 1.807) is 6.20 Å². The van der Waals surface area contributed by atoms with E-state index in [4.69, 9.17) is 4.74 Å². The van der Waals surface area contributed by atoms with Gasteiger partial charge < -0.3 is 4.74 Å². The number of anilines is 1. The molecule has 2 aliphatic rings. The maximum atomic E-state index is 12.6. The SMILES string of the molecule is CC1(C)CC(CC(=O)Nc2nc3cccnc3n2C2=CC=C2)CCO1. The van der Waals surface area contributed by atoms with Gasteiger partial charge in [0.25, 0.3) is 0 Å². The minimum Gasteiger partial charge on any atom is -0.376 e. The van der Waals surface area contributed by atoms with Crippen LogP contribution in [-0.4, -0.2) is 32.7 Å². The average molecular weight is 338 g/mol. The van der Waals surface area contributed by atoms with Crippen LogP contribution < -0.4 is 5.32 Å². The number of aromatic nitrogens is 3. The Morgan fingerprint density at radius 3 is 3.04 bits per heavy atom. The summed E-state index contributed by atoms with van der Waals surface area (Å²) in [7, 11) is 0. The van der Waals surface area contributed by atoms with E-state index in [0.717, 1.165) is 29.7 Å². The Hall–Kier alpha value is -2.47. The predicted octanol–water partition coefficient (Wildman–Crippen LogP) is 3.38. The molecular weight excluding hydrogens is 316 g/mol. The van der Waals surface area contributed by atoms with E-state index < -0.39 is 0 Å². The fourth-order valence-corrected chi connectivity index (χ4v) is 3.54. The summed E-state index contributed by atoms with van der Waals surface area (Å²) >= 11 is 0. The van der Waals surface area contributed by atoms with Gasteiger partial charge in [-0.1, -0.05) is 6.08 Å². The summed E-state index contributed by atoms with van der Waals surface area (Å²) in [5, 5.41) is 2.98. The van der Waals surface area contributed by atoms with Crippen LogP contribution in [-0.2, 0) is 9.53 Å². The van der Waals surface area contributed by atoms with Crippen molar-refractivity contribution in [1.82, 2.24) is 14.5 Å². The third-order valence-corrected chi connectivity index (χ3v) is 4.73. The van der Waals surface area contributed by atoms with E-state index in [0.29, 0.717) is 24.9 Å². The fraction of sp³-hybridized carbons (Fsp3) is 0.421. The van der Waals surface area contributed by atoms with Crippen LogP contribution in [0, 0.1) is 5.92 Å². The molecule has 1 saturated heterocycles. The summed E-state index contributed by atoms with van der Waals surface area (Å²) in [6.45, 7) is 4.88. The maximum Gasteiger partial charge on any atom is 0.226 e. The van der Waals surface area contributed by atoms with E-state index >= 15 is 0 Å². The molecule has 0 radical (unpaired) electrons. The quantitative estimate of drug-likeness (QED) is 0.928. The molecule has 0 saturated carbocycles. The maximum absolute atomic E-state index is 12.6. The third kappa shape index (κ3) is 3.22. The first kappa shape index (κ1) is 16.0. The lowest BCUT2D eigenvalue weighted by Crippen LogP contribution is -2.35. The van der Waals surface area contributed by atoms with Crippen LogP contribution >= 0.6 is 0 Å². The van der Waals surface area contributed by atoms with Crippen molar-refractivity contribution in [3.05, 3.63) is 36.6 Å². The lowest BCUT2D eigenvalue weighted by atomic mass is 9.86. The average Bonchev–Trinajstić information content (AvgIpc) is 2.83. The molecule has 6 heteroatoms. The second kappa shape index (κ2) is 6.11. The van der Waals surface area contributed by atoms with Crippen LogP contribution in [0.4, 0.5) is 5.95 Å². The predicted molar refractivity (Wildman–Crippen MR) is 96.9 cm³/mol. The lowest BCUT2D eigenvalue weighted by molar-refractivity contribution is -0.120. The molecule has 2 aromatic rings. The van der Waals surface area contributed by atoms with Gasteiger partial charge in [-0.2, -0.15) is 0 Å². The van der Waals surface area contributed by atoms with E-state index in [1.165, 1.54) is 0 Å². The highest BCUT2D eigenvalue weighted by Gasteiger charge is 2.30. The number of ether oxygens (including phenoxy) is 1. The molecule has 1 fully saturated rings.